The SMILES string of the molecule is C=C1CN(C(C)C)CCN1/C(CCC(CCCC)(CCCC)c1cccc(CC)c1)=N\C(C)=O. The van der Waals surface area contributed by atoms with Gasteiger partial charge in [0.25, 0.3) is 0 Å². The molecule has 0 radical (unpaired) electrons. The molecule has 1 heterocycles. The molecular formula is C30H49N3O. The third-order valence-corrected chi connectivity index (χ3v) is 7.50. The van der Waals surface area contributed by atoms with Crippen LogP contribution in [0.2, 0.25) is 0 Å². The Morgan fingerprint density at radius 2 is 1.76 bits per heavy atom. The van der Waals surface area contributed by atoms with Crippen LogP contribution in [-0.2, 0) is 16.6 Å². The number of amidine groups is 1. The van der Waals surface area contributed by atoms with Gasteiger partial charge in [0.1, 0.15) is 5.84 Å². The number of aryl methyl sites for hydroxylation is 1. The molecule has 4 heteroatoms. The second-order valence-electron chi connectivity index (χ2n) is 10.4. The van der Waals surface area contributed by atoms with Crippen LogP contribution in [0.1, 0.15) is 104 Å². The number of piperazine rings is 1. The van der Waals surface area contributed by atoms with Gasteiger partial charge in [-0.05, 0) is 56.1 Å². The molecule has 0 atom stereocenters. The van der Waals surface area contributed by atoms with Crippen molar-refractivity contribution >= 4 is 11.7 Å². The van der Waals surface area contributed by atoms with Crippen molar-refractivity contribution in [2.75, 3.05) is 19.6 Å². The number of hydrogen-bond acceptors (Lipinski definition) is 2. The number of rotatable bonds is 12. The maximum absolute atomic E-state index is 12.1. The number of nitrogens with zero attached hydrogens (tertiary/aromatic N) is 3. The molecule has 1 saturated heterocycles. The van der Waals surface area contributed by atoms with Crippen molar-refractivity contribution in [2.24, 2.45) is 4.99 Å². The van der Waals surface area contributed by atoms with Crippen LogP contribution in [0.25, 0.3) is 0 Å². The van der Waals surface area contributed by atoms with Crippen LogP contribution in [0.3, 0.4) is 0 Å². The first-order valence-corrected chi connectivity index (χ1v) is 13.6. The molecule has 1 aromatic rings. The summed E-state index contributed by atoms with van der Waals surface area (Å²) in [5.41, 5.74) is 4.06. The summed E-state index contributed by atoms with van der Waals surface area (Å²) in [6.45, 7) is 19.9. The van der Waals surface area contributed by atoms with E-state index < -0.39 is 0 Å². The van der Waals surface area contributed by atoms with Gasteiger partial charge in [-0.2, -0.15) is 0 Å². The third kappa shape index (κ3) is 7.80. The Bertz CT molecular complexity index is 818. The minimum Gasteiger partial charge on any atom is -0.331 e. The van der Waals surface area contributed by atoms with E-state index in [4.69, 9.17) is 0 Å². The highest BCUT2D eigenvalue weighted by atomic mass is 16.1. The molecule has 0 saturated carbocycles. The van der Waals surface area contributed by atoms with Crippen molar-refractivity contribution < 1.29 is 4.79 Å². The van der Waals surface area contributed by atoms with Crippen LogP contribution < -0.4 is 0 Å². The van der Waals surface area contributed by atoms with Gasteiger partial charge < -0.3 is 4.90 Å². The Labute approximate surface area is 209 Å². The molecule has 0 spiro atoms. The number of aliphatic imine (C=N–C) groups is 1. The van der Waals surface area contributed by atoms with E-state index >= 15 is 0 Å². The minimum absolute atomic E-state index is 0.116. The van der Waals surface area contributed by atoms with Crippen molar-refractivity contribution in [3.63, 3.8) is 0 Å². The molecule has 1 aromatic carbocycles. The fourth-order valence-electron chi connectivity index (χ4n) is 5.28. The molecule has 4 nitrogen and oxygen atoms in total. The second kappa shape index (κ2) is 13.8. The van der Waals surface area contributed by atoms with Crippen LogP contribution in [0.15, 0.2) is 41.5 Å². The fourth-order valence-corrected chi connectivity index (χ4v) is 5.28. The third-order valence-electron chi connectivity index (χ3n) is 7.50. The maximum Gasteiger partial charge on any atom is 0.244 e. The van der Waals surface area contributed by atoms with E-state index in [9.17, 15) is 4.79 Å². The lowest BCUT2D eigenvalue weighted by Crippen LogP contribution is -2.49. The second-order valence-corrected chi connectivity index (χ2v) is 10.4. The van der Waals surface area contributed by atoms with Gasteiger partial charge in [-0.1, -0.05) is 77.3 Å². The summed E-state index contributed by atoms with van der Waals surface area (Å²) < 4.78 is 0. The van der Waals surface area contributed by atoms with Gasteiger partial charge in [-0.15, -0.1) is 0 Å². The Hall–Kier alpha value is -1.94. The van der Waals surface area contributed by atoms with Gasteiger partial charge in [0.05, 0.1) is 0 Å². The molecule has 190 valence electrons. The average molecular weight is 468 g/mol. The molecule has 2 rings (SSSR count). The van der Waals surface area contributed by atoms with E-state index in [1.165, 1.54) is 49.7 Å². The zero-order valence-corrected chi connectivity index (χ0v) is 22.8. The molecule has 0 unspecified atom stereocenters. The van der Waals surface area contributed by atoms with E-state index in [0.29, 0.717) is 6.04 Å². The maximum atomic E-state index is 12.1. The van der Waals surface area contributed by atoms with Gasteiger partial charge in [0.2, 0.25) is 5.91 Å². The largest absolute Gasteiger partial charge is 0.331 e. The first-order chi connectivity index (χ1) is 16.3. The molecule has 1 fully saturated rings. The number of benzene rings is 1. The zero-order valence-electron chi connectivity index (χ0n) is 22.8. The van der Waals surface area contributed by atoms with Gasteiger partial charge >= 0.3 is 0 Å². The monoisotopic (exact) mass is 467 g/mol. The van der Waals surface area contributed by atoms with Crippen molar-refractivity contribution in [3.8, 4) is 0 Å². The van der Waals surface area contributed by atoms with Crippen LogP contribution in [-0.4, -0.2) is 47.2 Å². The molecule has 1 aliphatic heterocycles. The van der Waals surface area contributed by atoms with E-state index in [1.807, 2.05) is 0 Å². The van der Waals surface area contributed by atoms with Crippen molar-refractivity contribution in [3.05, 3.63) is 47.7 Å². The van der Waals surface area contributed by atoms with Crippen LogP contribution in [0.4, 0.5) is 0 Å². The van der Waals surface area contributed by atoms with E-state index in [0.717, 1.165) is 50.4 Å². The van der Waals surface area contributed by atoms with Gasteiger partial charge in [0, 0.05) is 44.7 Å². The van der Waals surface area contributed by atoms with Gasteiger partial charge in [-0.25, -0.2) is 4.99 Å². The first-order valence-electron chi connectivity index (χ1n) is 13.6. The van der Waals surface area contributed by atoms with Crippen molar-refractivity contribution in [1.82, 2.24) is 9.80 Å². The molecule has 0 N–H and O–H groups in total. The number of carbonyl (C=O) groups is 1. The lowest BCUT2D eigenvalue weighted by atomic mass is 9.69. The Balaban J connectivity index is 2.36. The molecule has 0 aromatic heterocycles. The highest BCUT2D eigenvalue weighted by Crippen LogP contribution is 2.40. The summed E-state index contributed by atoms with van der Waals surface area (Å²) in [7, 11) is 0. The van der Waals surface area contributed by atoms with Gasteiger partial charge in [0.15, 0.2) is 0 Å². The summed E-state index contributed by atoms with van der Waals surface area (Å²) in [4.78, 5) is 21.3. The van der Waals surface area contributed by atoms with Crippen molar-refractivity contribution in [1.29, 1.82) is 0 Å². The number of amides is 1. The van der Waals surface area contributed by atoms with Crippen molar-refractivity contribution in [2.45, 2.75) is 111 Å². The minimum atomic E-state index is -0.116. The van der Waals surface area contributed by atoms with Gasteiger partial charge in [-0.3, -0.25) is 9.69 Å². The Morgan fingerprint density at radius 3 is 2.29 bits per heavy atom. The van der Waals surface area contributed by atoms with Crippen LogP contribution in [0, 0.1) is 0 Å². The zero-order chi connectivity index (χ0) is 25.1. The van der Waals surface area contributed by atoms with Crippen LogP contribution >= 0.6 is 0 Å². The first kappa shape index (κ1) is 28.3. The molecular weight excluding hydrogens is 418 g/mol. The van der Waals surface area contributed by atoms with E-state index in [-0.39, 0.29) is 11.3 Å². The Morgan fingerprint density at radius 1 is 1.09 bits per heavy atom. The summed E-state index contributed by atoms with van der Waals surface area (Å²) in [6.07, 6.45) is 10.1. The highest BCUT2D eigenvalue weighted by Gasteiger charge is 2.33. The molecule has 0 bridgehead atoms. The topological polar surface area (TPSA) is 35.9 Å². The lowest BCUT2D eigenvalue weighted by molar-refractivity contribution is -0.115. The summed E-state index contributed by atoms with van der Waals surface area (Å²) in [5, 5.41) is 0. The predicted molar refractivity (Wildman–Crippen MR) is 146 cm³/mol. The molecule has 34 heavy (non-hydrogen) atoms. The van der Waals surface area contributed by atoms with Crippen LogP contribution in [0.5, 0.6) is 0 Å². The summed E-state index contributed by atoms with van der Waals surface area (Å²) >= 11 is 0. The lowest BCUT2D eigenvalue weighted by Gasteiger charge is -2.41. The number of carbonyl (C=O) groups excluding carboxylic acids is 1. The number of hydrogen-bond donors (Lipinski definition) is 0. The van der Waals surface area contributed by atoms with E-state index in [2.05, 4.69) is 80.3 Å². The average Bonchev–Trinajstić information content (AvgIpc) is 2.82. The smallest absolute Gasteiger partial charge is 0.244 e. The number of unbranched alkanes of at least 4 members (excludes halogenated alkanes) is 2. The highest BCUT2D eigenvalue weighted by molar-refractivity contribution is 5.94. The predicted octanol–water partition coefficient (Wildman–Crippen LogP) is 7.13. The molecule has 1 amide bonds. The summed E-state index contributed by atoms with van der Waals surface area (Å²) in [6, 6.07) is 9.75. The normalized spacial score (nSPS) is 15.9. The summed E-state index contributed by atoms with van der Waals surface area (Å²) in [5.74, 6) is 0.791. The Kier molecular flexibility index (Phi) is 11.5. The fraction of sp³-hybridized carbons (Fsp3) is 0.667. The molecule has 1 aliphatic rings. The standard InChI is InChI=1S/C30H49N3O/c1-8-11-17-30(18-12-9-2,28-15-13-14-27(10-3)22-28)19-16-29(31-26(7)34)33-21-20-32(24(4)5)23-25(33)6/h13-15,22,24H,6,8-12,16-21,23H2,1-5,7H3/b31-29-. The quantitative estimate of drug-likeness (QED) is 0.242. The van der Waals surface area contributed by atoms with E-state index in [1.54, 1.807) is 6.92 Å². The molecule has 0 aliphatic carbocycles.